The van der Waals surface area contributed by atoms with Crippen LogP contribution in [0.15, 0.2) is 36.8 Å². The van der Waals surface area contributed by atoms with Crippen LogP contribution in [-0.2, 0) is 0 Å². The molecular weight excluding hydrogens is 351 g/mol. The van der Waals surface area contributed by atoms with Crippen LogP contribution in [0.25, 0.3) is 16.8 Å². The third-order valence-electron chi connectivity index (χ3n) is 2.40. The molecular formula is C11H6ClIN4. The lowest BCUT2D eigenvalue weighted by Gasteiger charge is -2.01. The van der Waals surface area contributed by atoms with Gasteiger partial charge in [0.1, 0.15) is 0 Å². The highest BCUT2D eigenvalue weighted by molar-refractivity contribution is 14.1. The Morgan fingerprint density at radius 3 is 3.00 bits per heavy atom. The maximum absolute atomic E-state index is 5.83. The van der Waals surface area contributed by atoms with Crippen molar-refractivity contribution in [2.45, 2.75) is 0 Å². The molecule has 0 aliphatic heterocycles. The Morgan fingerprint density at radius 1 is 1.24 bits per heavy atom. The fraction of sp³-hybridized carbons (Fsp3) is 0. The van der Waals surface area contributed by atoms with E-state index < -0.39 is 0 Å². The van der Waals surface area contributed by atoms with Gasteiger partial charge in [-0.25, -0.2) is 14.5 Å². The van der Waals surface area contributed by atoms with Crippen molar-refractivity contribution in [3.8, 4) is 11.3 Å². The summed E-state index contributed by atoms with van der Waals surface area (Å²) in [5.74, 6) is 0. The minimum Gasteiger partial charge on any atom is -0.240 e. The molecule has 84 valence electrons. The van der Waals surface area contributed by atoms with E-state index in [1.54, 1.807) is 16.9 Å². The van der Waals surface area contributed by atoms with E-state index in [-0.39, 0.29) is 5.28 Å². The number of aromatic nitrogens is 4. The summed E-state index contributed by atoms with van der Waals surface area (Å²) in [6.45, 7) is 0. The van der Waals surface area contributed by atoms with Gasteiger partial charge in [-0.1, -0.05) is 6.07 Å². The van der Waals surface area contributed by atoms with Gasteiger partial charge in [-0.05, 0) is 46.3 Å². The summed E-state index contributed by atoms with van der Waals surface area (Å²) in [6.07, 6.45) is 5.39. The van der Waals surface area contributed by atoms with E-state index in [1.807, 2.05) is 24.4 Å². The van der Waals surface area contributed by atoms with Crippen molar-refractivity contribution in [3.05, 3.63) is 45.6 Å². The van der Waals surface area contributed by atoms with E-state index in [1.165, 1.54) is 0 Å². The van der Waals surface area contributed by atoms with Crippen LogP contribution in [0, 0.1) is 3.57 Å². The molecule has 3 aromatic heterocycles. The number of pyridine rings is 1. The third-order valence-corrected chi connectivity index (χ3v) is 3.37. The van der Waals surface area contributed by atoms with E-state index in [4.69, 9.17) is 11.6 Å². The van der Waals surface area contributed by atoms with Gasteiger partial charge in [-0.3, -0.25) is 0 Å². The van der Waals surface area contributed by atoms with Crippen LogP contribution in [-0.4, -0.2) is 19.6 Å². The van der Waals surface area contributed by atoms with Gasteiger partial charge in [0, 0.05) is 18.0 Å². The second-order valence-corrected chi connectivity index (χ2v) is 4.92. The Balaban J connectivity index is 2.31. The molecule has 0 radical (unpaired) electrons. The Bertz CT molecular complexity index is 695. The minimum atomic E-state index is 0.246. The van der Waals surface area contributed by atoms with Crippen molar-refractivity contribution in [2.24, 2.45) is 0 Å². The van der Waals surface area contributed by atoms with E-state index in [0.29, 0.717) is 0 Å². The van der Waals surface area contributed by atoms with Gasteiger partial charge in [-0.15, -0.1) is 0 Å². The summed E-state index contributed by atoms with van der Waals surface area (Å²) in [7, 11) is 0. The smallest absolute Gasteiger partial charge is 0.222 e. The van der Waals surface area contributed by atoms with Crippen LogP contribution in [0.1, 0.15) is 0 Å². The van der Waals surface area contributed by atoms with Gasteiger partial charge in [0.25, 0.3) is 0 Å². The van der Waals surface area contributed by atoms with Crippen LogP contribution in [0.4, 0.5) is 0 Å². The third kappa shape index (κ3) is 1.89. The molecule has 0 aliphatic carbocycles. The van der Waals surface area contributed by atoms with Gasteiger partial charge < -0.3 is 0 Å². The van der Waals surface area contributed by atoms with Crippen LogP contribution < -0.4 is 0 Å². The Kier molecular flexibility index (Phi) is 2.71. The lowest BCUT2D eigenvalue weighted by molar-refractivity contribution is 0.961. The molecule has 0 aromatic carbocycles. The first-order valence-corrected chi connectivity index (χ1v) is 6.32. The van der Waals surface area contributed by atoms with Crippen LogP contribution in [0.3, 0.4) is 0 Å². The summed E-state index contributed by atoms with van der Waals surface area (Å²) < 4.78 is 2.76. The molecule has 3 rings (SSSR count). The summed E-state index contributed by atoms with van der Waals surface area (Å²) in [6, 6.07) is 5.90. The van der Waals surface area contributed by atoms with Crippen molar-refractivity contribution in [3.63, 3.8) is 0 Å². The first-order valence-electron chi connectivity index (χ1n) is 4.86. The summed E-state index contributed by atoms with van der Waals surface area (Å²) in [5, 5.41) is 4.52. The molecule has 0 amide bonds. The molecule has 0 saturated carbocycles. The highest BCUT2D eigenvalue weighted by Crippen LogP contribution is 2.27. The van der Waals surface area contributed by atoms with Crippen molar-refractivity contribution in [1.82, 2.24) is 19.6 Å². The molecule has 17 heavy (non-hydrogen) atoms. The van der Waals surface area contributed by atoms with E-state index in [2.05, 4.69) is 37.7 Å². The average Bonchev–Trinajstić information content (AvgIpc) is 2.76. The predicted molar refractivity (Wildman–Crippen MR) is 73.9 cm³/mol. The van der Waals surface area contributed by atoms with E-state index >= 15 is 0 Å². The van der Waals surface area contributed by atoms with Gasteiger partial charge in [0.05, 0.1) is 21.0 Å². The number of fused-ring (bicyclic) bond motifs is 1. The first-order chi connectivity index (χ1) is 8.25. The van der Waals surface area contributed by atoms with Crippen molar-refractivity contribution in [1.29, 1.82) is 0 Å². The average molecular weight is 357 g/mol. The largest absolute Gasteiger partial charge is 0.240 e. The van der Waals surface area contributed by atoms with Gasteiger partial charge in [-0.2, -0.15) is 5.10 Å². The number of hydrogen-bond acceptors (Lipinski definition) is 3. The molecule has 0 fully saturated rings. The lowest BCUT2D eigenvalue weighted by atomic mass is 10.2. The molecule has 4 nitrogen and oxygen atoms in total. The van der Waals surface area contributed by atoms with Crippen molar-refractivity contribution >= 4 is 39.7 Å². The SMILES string of the molecule is Clc1ncc(I)c(-c2cnn3ccccc23)n1. The zero-order valence-corrected chi connectivity index (χ0v) is 11.4. The lowest BCUT2D eigenvalue weighted by Crippen LogP contribution is -1.91. The van der Waals surface area contributed by atoms with Gasteiger partial charge in [0.15, 0.2) is 0 Å². The molecule has 3 aromatic rings. The maximum Gasteiger partial charge on any atom is 0.222 e. The normalized spacial score (nSPS) is 10.9. The summed E-state index contributed by atoms with van der Waals surface area (Å²) >= 11 is 8.02. The van der Waals surface area contributed by atoms with Crippen LogP contribution in [0.5, 0.6) is 0 Å². The van der Waals surface area contributed by atoms with Gasteiger partial charge >= 0.3 is 0 Å². The summed E-state index contributed by atoms with van der Waals surface area (Å²) in [5.41, 5.74) is 2.77. The Hall–Kier alpha value is -1.21. The number of rotatable bonds is 1. The molecule has 6 heteroatoms. The first kappa shape index (κ1) is 10.9. The maximum atomic E-state index is 5.83. The molecule has 0 spiro atoms. The molecule has 0 N–H and O–H groups in total. The zero-order valence-electron chi connectivity index (χ0n) is 8.51. The molecule has 0 atom stereocenters. The number of nitrogens with zero attached hydrogens (tertiary/aromatic N) is 4. The number of halogens is 2. The summed E-state index contributed by atoms with van der Waals surface area (Å²) in [4.78, 5) is 8.21. The monoisotopic (exact) mass is 356 g/mol. The fourth-order valence-corrected chi connectivity index (χ4v) is 2.34. The second-order valence-electron chi connectivity index (χ2n) is 3.42. The molecule has 3 heterocycles. The standard InChI is InChI=1S/C11H6ClIN4/c12-11-14-6-8(13)10(16-11)7-5-15-17-4-2-1-3-9(7)17/h1-6H. The number of hydrogen-bond donors (Lipinski definition) is 0. The molecule has 0 saturated heterocycles. The quantitative estimate of drug-likeness (QED) is 0.497. The Morgan fingerprint density at radius 2 is 2.12 bits per heavy atom. The minimum absolute atomic E-state index is 0.246. The fourth-order valence-electron chi connectivity index (χ4n) is 1.65. The highest BCUT2D eigenvalue weighted by atomic mass is 127. The molecule has 0 unspecified atom stereocenters. The van der Waals surface area contributed by atoms with E-state index in [9.17, 15) is 0 Å². The Labute approximate surface area is 116 Å². The van der Waals surface area contributed by atoms with Crippen molar-refractivity contribution in [2.75, 3.05) is 0 Å². The topological polar surface area (TPSA) is 43.1 Å². The zero-order chi connectivity index (χ0) is 11.8. The van der Waals surface area contributed by atoms with Crippen LogP contribution >= 0.6 is 34.2 Å². The van der Waals surface area contributed by atoms with Gasteiger partial charge in [0.2, 0.25) is 5.28 Å². The van der Waals surface area contributed by atoms with Crippen molar-refractivity contribution < 1.29 is 0 Å². The van der Waals surface area contributed by atoms with E-state index in [0.717, 1.165) is 20.3 Å². The van der Waals surface area contributed by atoms with Crippen LogP contribution in [0.2, 0.25) is 5.28 Å². The molecule has 0 bridgehead atoms. The predicted octanol–water partition coefficient (Wildman–Crippen LogP) is 3.05. The molecule has 0 aliphatic rings. The second kappa shape index (κ2) is 4.23. The highest BCUT2D eigenvalue weighted by Gasteiger charge is 2.11.